The fraction of sp³-hybridized carbons (Fsp3) is 0.923. The number of hydrogen-bond donors (Lipinski definition) is 2. The number of carbonyl (C=O) groups is 1. The van der Waals surface area contributed by atoms with Crippen LogP contribution in [0.5, 0.6) is 0 Å². The summed E-state index contributed by atoms with van der Waals surface area (Å²) in [5, 5.41) is 3.00. The van der Waals surface area contributed by atoms with Gasteiger partial charge in [0.15, 0.2) is 0 Å². The summed E-state index contributed by atoms with van der Waals surface area (Å²) in [7, 11) is 0. The molecule has 0 radical (unpaired) electrons. The summed E-state index contributed by atoms with van der Waals surface area (Å²) >= 11 is 0. The molecule has 0 aliphatic heterocycles. The van der Waals surface area contributed by atoms with Crippen molar-refractivity contribution in [1.82, 2.24) is 5.32 Å². The van der Waals surface area contributed by atoms with E-state index in [9.17, 15) is 4.79 Å². The monoisotopic (exact) mass is 240 g/mol. The van der Waals surface area contributed by atoms with Gasteiger partial charge < -0.3 is 15.8 Å². The van der Waals surface area contributed by atoms with E-state index in [2.05, 4.69) is 5.32 Å². The van der Waals surface area contributed by atoms with Gasteiger partial charge in [-0.15, -0.1) is 0 Å². The first kappa shape index (κ1) is 12.8. The summed E-state index contributed by atoms with van der Waals surface area (Å²) in [6.07, 6.45) is 4.46. The Morgan fingerprint density at radius 1 is 1.41 bits per heavy atom. The Bertz CT molecular complexity index is 268. The molecule has 2 aliphatic carbocycles. The highest BCUT2D eigenvalue weighted by atomic mass is 16.5. The second-order valence-electron chi connectivity index (χ2n) is 5.28. The zero-order valence-electron chi connectivity index (χ0n) is 10.7. The fourth-order valence-electron chi connectivity index (χ4n) is 3.37. The lowest BCUT2D eigenvalue weighted by molar-refractivity contribution is -0.127. The van der Waals surface area contributed by atoms with E-state index >= 15 is 0 Å². The highest BCUT2D eigenvalue weighted by Gasteiger charge is 2.48. The van der Waals surface area contributed by atoms with Crippen LogP contribution in [0.3, 0.4) is 0 Å². The van der Waals surface area contributed by atoms with E-state index in [0.717, 1.165) is 26.1 Å². The molecule has 0 saturated heterocycles. The van der Waals surface area contributed by atoms with Gasteiger partial charge in [0.25, 0.3) is 0 Å². The molecule has 2 saturated carbocycles. The van der Waals surface area contributed by atoms with Crippen LogP contribution >= 0.6 is 0 Å². The average Bonchev–Trinajstić information content (AvgIpc) is 2.89. The highest BCUT2D eigenvalue weighted by molar-refractivity contribution is 5.80. The van der Waals surface area contributed by atoms with Crippen molar-refractivity contribution >= 4 is 5.91 Å². The molecule has 0 aromatic heterocycles. The number of fused-ring (bicyclic) bond motifs is 2. The normalized spacial score (nSPS) is 35.2. The second kappa shape index (κ2) is 5.83. The van der Waals surface area contributed by atoms with E-state index in [0.29, 0.717) is 18.4 Å². The lowest BCUT2D eigenvalue weighted by Crippen LogP contribution is -2.45. The molecule has 0 aromatic rings. The third-order valence-electron chi connectivity index (χ3n) is 4.25. The summed E-state index contributed by atoms with van der Waals surface area (Å²) in [5.74, 6) is 1.38. The zero-order valence-corrected chi connectivity index (χ0v) is 10.7. The number of nitrogens with one attached hydrogen (secondary N) is 1. The Balaban J connectivity index is 1.69. The maximum absolute atomic E-state index is 12.0. The number of amides is 1. The SMILES string of the molecule is CCOCCCNC(=O)C1C2CCC(C2)C1N. The van der Waals surface area contributed by atoms with Gasteiger partial charge in [-0.3, -0.25) is 4.79 Å². The van der Waals surface area contributed by atoms with Gasteiger partial charge in [0.1, 0.15) is 0 Å². The van der Waals surface area contributed by atoms with E-state index in [4.69, 9.17) is 10.5 Å². The molecular formula is C13H24N2O2. The smallest absolute Gasteiger partial charge is 0.224 e. The van der Waals surface area contributed by atoms with Crippen molar-refractivity contribution in [3.05, 3.63) is 0 Å². The zero-order chi connectivity index (χ0) is 12.3. The quantitative estimate of drug-likeness (QED) is 0.678. The summed E-state index contributed by atoms with van der Waals surface area (Å²) < 4.78 is 5.24. The molecule has 4 nitrogen and oxygen atoms in total. The maximum Gasteiger partial charge on any atom is 0.224 e. The first-order valence-corrected chi connectivity index (χ1v) is 6.85. The third kappa shape index (κ3) is 2.80. The van der Waals surface area contributed by atoms with Gasteiger partial charge in [-0.05, 0) is 44.4 Å². The molecule has 0 spiro atoms. The molecule has 2 bridgehead atoms. The van der Waals surface area contributed by atoms with Crippen molar-refractivity contribution in [3.8, 4) is 0 Å². The molecule has 98 valence electrons. The van der Waals surface area contributed by atoms with Gasteiger partial charge in [-0.1, -0.05) is 0 Å². The predicted molar refractivity (Wildman–Crippen MR) is 66.4 cm³/mol. The lowest BCUT2D eigenvalue weighted by atomic mass is 9.84. The van der Waals surface area contributed by atoms with Crippen LogP contribution in [-0.4, -0.2) is 31.7 Å². The van der Waals surface area contributed by atoms with Crippen LogP contribution in [0.4, 0.5) is 0 Å². The molecular weight excluding hydrogens is 216 g/mol. The topological polar surface area (TPSA) is 64.3 Å². The number of ether oxygens (including phenoxy) is 1. The number of nitrogens with two attached hydrogens (primary N) is 1. The maximum atomic E-state index is 12.0. The van der Waals surface area contributed by atoms with Crippen molar-refractivity contribution in [1.29, 1.82) is 0 Å². The van der Waals surface area contributed by atoms with Gasteiger partial charge in [0, 0.05) is 25.8 Å². The minimum absolute atomic E-state index is 0.0702. The Morgan fingerprint density at radius 3 is 2.82 bits per heavy atom. The first-order chi connectivity index (χ1) is 8.24. The Hall–Kier alpha value is -0.610. The number of hydrogen-bond acceptors (Lipinski definition) is 3. The molecule has 2 fully saturated rings. The van der Waals surface area contributed by atoms with E-state index in [1.807, 2.05) is 6.92 Å². The Morgan fingerprint density at radius 2 is 2.18 bits per heavy atom. The average molecular weight is 240 g/mol. The van der Waals surface area contributed by atoms with Gasteiger partial charge >= 0.3 is 0 Å². The fourth-order valence-corrected chi connectivity index (χ4v) is 3.37. The van der Waals surface area contributed by atoms with Gasteiger partial charge in [-0.2, -0.15) is 0 Å². The van der Waals surface area contributed by atoms with E-state index < -0.39 is 0 Å². The van der Waals surface area contributed by atoms with E-state index in [1.54, 1.807) is 0 Å². The largest absolute Gasteiger partial charge is 0.382 e. The van der Waals surface area contributed by atoms with E-state index in [1.165, 1.54) is 12.8 Å². The Labute approximate surface area is 103 Å². The van der Waals surface area contributed by atoms with Crippen LogP contribution in [0, 0.1) is 17.8 Å². The minimum atomic E-state index is 0.0702. The van der Waals surface area contributed by atoms with Gasteiger partial charge in [0.2, 0.25) is 5.91 Å². The third-order valence-corrected chi connectivity index (χ3v) is 4.25. The molecule has 0 heterocycles. The Kier molecular flexibility index (Phi) is 4.40. The van der Waals surface area contributed by atoms with Crippen LogP contribution in [0.15, 0.2) is 0 Å². The molecule has 4 unspecified atom stereocenters. The van der Waals surface area contributed by atoms with Crippen LogP contribution < -0.4 is 11.1 Å². The van der Waals surface area contributed by atoms with E-state index in [-0.39, 0.29) is 17.9 Å². The second-order valence-corrected chi connectivity index (χ2v) is 5.28. The van der Waals surface area contributed by atoms with Crippen molar-refractivity contribution in [2.45, 2.75) is 38.6 Å². The summed E-state index contributed by atoms with van der Waals surface area (Å²) in [4.78, 5) is 12.0. The number of carbonyl (C=O) groups excluding carboxylic acids is 1. The molecule has 17 heavy (non-hydrogen) atoms. The molecule has 4 atom stereocenters. The van der Waals surface area contributed by atoms with Crippen molar-refractivity contribution < 1.29 is 9.53 Å². The molecule has 1 amide bonds. The van der Waals surface area contributed by atoms with Crippen LogP contribution in [0.2, 0.25) is 0 Å². The van der Waals surface area contributed by atoms with Crippen molar-refractivity contribution in [3.63, 3.8) is 0 Å². The predicted octanol–water partition coefficient (Wildman–Crippen LogP) is 0.903. The molecule has 0 aromatic carbocycles. The first-order valence-electron chi connectivity index (χ1n) is 6.85. The molecule has 4 heteroatoms. The summed E-state index contributed by atoms with van der Waals surface area (Å²) in [5.41, 5.74) is 6.13. The molecule has 3 N–H and O–H groups in total. The van der Waals surface area contributed by atoms with Gasteiger partial charge in [0.05, 0.1) is 5.92 Å². The lowest BCUT2D eigenvalue weighted by Gasteiger charge is -2.26. The number of rotatable bonds is 6. The van der Waals surface area contributed by atoms with Crippen LogP contribution in [0.1, 0.15) is 32.6 Å². The van der Waals surface area contributed by atoms with Crippen molar-refractivity contribution in [2.24, 2.45) is 23.5 Å². The summed E-state index contributed by atoms with van der Waals surface area (Å²) in [6, 6.07) is 0.0978. The van der Waals surface area contributed by atoms with Crippen molar-refractivity contribution in [2.75, 3.05) is 19.8 Å². The standard InChI is InChI=1S/C13H24N2O2/c1-2-17-7-3-6-15-13(16)11-9-4-5-10(8-9)12(11)14/h9-12H,2-8,14H2,1H3,(H,15,16). The van der Waals surface area contributed by atoms with Crippen LogP contribution in [-0.2, 0) is 9.53 Å². The minimum Gasteiger partial charge on any atom is -0.382 e. The summed E-state index contributed by atoms with van der Waals surface area (Å²) in [6.45, 7) is 4.15. The molecule has 2 aliphatic rings. The van der Waals surface area contributed by atoms with Gasteiger partial charge in [-0.25, -0.2) is 0 Å². The highest BCUT2D eigenvalue weighted by Crippen LogP contribution is 2.47. The van der Waals surface area contributed by atoms with Crippen LogP contribution in [0.25, 0.3) is 0 Å². The molecule has 2 rings (SSSR count).